The van der Waals surface area contributed by atoms with Crippen LogP contribution in [0.5, 0.6) is 11.5 Å². The fourth-order valence-electron chi connectivity index (χ4n) is 2.69. The molecule has 1 heterocycles. The monoisotopic (exact) mass is 332 g/mol. The number of ether oxygens (including phenoxy) is 2. The van der Waals surface area contributed by atoms with E-state index in [2.05, 4.69) is 6.92 Å². The van der Waals surface area contributed by atoms with Crippen molar-refractivity contribution in [3.05, 3.63) is 28.6 Å². The number of pyridine rings is 1. The zero-order valence-corrected chi connectivity index (χ0v) is 15.1. The van der Waals surface area contributed by atoms with Crippen LogP contribution < -0.4 is 20.8 Å². The predicted molar refractivity (Wildman–Crippen MR) is 99.0 cm³/mol. The molecule has 1 aromatic carbocycles. The smallest absolute Gasteiger partial charge is 0.297 e. The third-order valence-electron chi connectivity index (χ3n) is 3.93. The summed E-state index contributed by atoms with van der Waals surface area (Å²) in [5, 5.41) is 0.845. The Bertz CT molecular complexity index is 750. The number of nitrogen functional groups attached to an aromatic ring is 1. The Hall–Kier alpha value is -2.17. The van der Waals surface area contributed by atoms with Gasteiger partial charge in [-0.2, -0.15) is 0 Å². The first-order valence-corrected chi connectivity index (χ1v) is 8.67. The van der Waals surface area contributed by atoms with Crippen molar-refractivity contribution in [3.63, 3.8) is 0 Å². The standard InChI is InChI=1S/C19H28N2O3/c1-5-6-7-8-11-23-17-15-10-9-14(20)12-16(15)21(4)19(22)18(17)24-13(2)3/h9-10,12-13H,5-8,11,20H2,1-4H3. The fraction of sp³-hybridized carbons (Fsp3) is 0.526. The molecule has 0 fully saturated rings. The Morgan fingerprint density at radius 1 is 1.17 bits per heavy atom. The maximum Gasteiger partial charge on any atom is 0.297 e. The van der Waals surface area contributed by atoms with E-state index in [0.717, 1.165) is 23.7 Å². The number of aromatic nitrogens is 1. The minimum Gasteiger partial charge on any atom is -0.489 e. The SMILES string of the molecule is CCCCCCOc1c(OC(C)C)c(=O)n(C)c2cc(N)ccc12. The van der Waals surface area contributed by atoms with Crippen molar-refractivity contribution in [1.82, 2.24) is 4.57 Å². The van der Waals surface area contributed by atoms with Crippen molar-refractivity contribution < 1.29 is 9.47 Å². The van der Waals surface area contributed by atoms with Gasteiger partial charge in [0, 0.05) is 18.1 Å². The van der Waals surface area contributed by atoms with Crippen LogP contribution in [0, 0.1) is 0 Å². The van der Waals surface area contributed by atoms with Gasteiger partial charge in [0.05, 0.1) is 18.2 Å². The normalized spacial score (nSPS) is 11.2. The van der Waals surface area contributed by atoms with Crippen LogP contribution in [0.3, 0.4) is 0 Å². The first-order chi connectivity index (χ1) is 11.5. The van der Waals surface area contributed by atoms with E-state index in [1.54, 1.807) is 17.7 Å². The van der Waals surface area contributed by atoms with Gasteiger partial charge in [-0.05, 0) is 38.5 Å². The van der Waals surface area contributed by atoms with Crippen molar-refractivity contribution in [3.8, 4) is 11.5 Å². The van der Waals surface area contributed by atoms with Gasteiger partial charge in [-0.25, -0.2) is 0 Å². The summed E-state index contributed by atoms with van der Waals surface area (Å²) in [5.41, 5.74) is 7.04. The largest absolute Gasteiger partial charge is 0.489 e. The molecular formula is C19H28N2O3. The van der Waals surface area contributed by atoms with Crippen molar-refractivity contribution >= 4 is 16.6 Å². The average molecular weight is 332 g/mol. The first kappa shape index (κ1) is 18.2. The number of nitrogens with zero attached hydrogens (tertiary/aromatic N) is 1. The predicted octanol–water partition coefficient (Wildman–Crippen LogP) is 3.87. The Kier molecular flexibility index (Phi) is 6.12. The van der Waals surface area contributed by atoms with Gasteiger partial charge in [0.1, 0.15) is 0 Å². The second-order valence-corrected chi connectivity index (χ2v) is 6.37. The number of benzene rings is 1. The molecule has 0 amide bonds. The van der Waals surface area contributed by atoms with Gasteiger partial charge in [0.2, 0.25) is 5.75 Å². The second-order valence-electron chi connectivity index (χ2n) is 6.37. The molecule has 0 saturated heterocycles. The van der Waals surface area contributed by atoms with Crippen molar-refractivity contribution in [2.75, 3.05) is 12.3 Å². The highest BCUT2D eigenvalue weighted by Gasteiger charge is 2.19. The number of rotatable bonds is 8. The lowest BCUT2D eigenvalue weighted by atomic mass is 10.1. The molecule has 0 aliphatic carbocycles. The molecule has 0 atom stereocenters. The van der Waals surface area contributed by atoms with Gasteiger partial charge in [-0.3, -0.25) is 4.79 Å². The molecule has 24 heavy (non-hydrogen) atoms. The van der Waals surface area contributed by atoms with Crippen LogP contribution in [-0.2, 0) is 7.05 Å². The number of hydrogen-bond donors (Lipinski definition) is 1. The summed E-state index contributed by atoms with van der Waals surface area (Å²) in [6.07, 6.45) is 4.33. The molecule has 0 aliphatic heterocycles. The molecule has 0 unspecified atom stereocenters. The maximum atomic E-state index is 12.7. The van der Waals surface area contributed by atoms with E-state index in [-0.39, 0.29) is 17.4 Å². The van der Waals surface area contributed by atoms with Gasteiger partial charge in [0.15, 0.2) is 5.75 Å². The minimum absolute atomic E-state index is 0.105. The van der Waals surface area contributed by atoms with Crippen molar-refractivity contribution in [2.45, 2.75) is 52.6 Å². The molecule has 132 valence electrons. The molecule has 0 radical (unpaired) electrons. The van der Waals surface area contributed by atoms with Crippen LogP contribution in [0.1, 0.15) is 46.5 Å². The van der Waals surface area contributed by atoms with E-state index in [4.69, 9.17) is 15.2 Å². The summed E-state index contributed by atoms with van der Waals surface area (Å²) in [5.74, 6) is 0.804. The maximum absolute atomic E-state index is 12.7. The molecule has 1 aromatic heterocycles. The van der Waals surface area contributed by atoms with Crippen LogP contribution >= 0.6 is 0 Å². The Balaban J connectivity index is 2.47. The summed E-state index contributed by atoms with van der Waals surface area (Å²) < 4.78 is 13.3. The second kappa shape index (κ2) is 8.08. The van der Waals surface area contributed by atoms with Gasteiger partial charge in [-0.15, -0.1) is 0 Å². The molecule has 0 aliphatic rings. The zero-order chi connectivity index (χ0) is 17.7. The Morgan fingerprint density at radius 3 is 2.58 bits per heavy atom. The molecule has 2 aromatic rings. The van der Waals surface area contributed by atoms with Crippen LogP contribution in [-0.4, -0.2) is 17.3 Å². The van der Waals surface area contributed by atoms with Crippen molar-refractivity contribution in [2.24, 2.45) is 7.05 Å². The lowest BCUT2D eigenvalue weighted by Crippen LogP contribution is -2.23. The molecule has 0 spiro atoms. The lowest BCUT2D eigenvalue weighted by molar-refractivity contribution is 0.216. The molecule has 0 bridgehead atoms. The van der Waals surface area contributed by atoms with Crippen LogP contribution in [0.4, 0.5) is 5.69 Å². The van der Waals surface area contributed by atoms with Crippen LogP contribution in [0.25, 0.3) is 10.9 Å². The van der Waals surface area contributed by atoms with Gasteiger partial charge < -0.3 is 19.8 Å². The molecular weight excluding hydrogens is 304 g/mol. The highest BCUT2D eigenvalue weighted by atomic mass is 16.5. The lowest BCUT2D eigenvalue weighted by Gasteiger charge is -2.18. The molecule has 2 rings (SSSR count). The molecule has 5 heteroatoms. The summed E-state index contributed by atoms with van der Waals surface area (Å²) in [4.78, 5) is 12.7. The number of anilines is 1. The number of hydrogen-bond acceptors (Lipinski definition) is 4. The summed E-state index contributed by atoms with van der Waals surface area (Å²) in [6, 6.07) is 5.49. The van der Waals surface area contributed by atoms with E-state index < -0.39 is 0 Å². The van der Waals surface area contributed by atoms with Crippen LogP contribution in [0.15, 0.2) is 23.0 Å². The van der Waals surface area contributed by atoms with E-state index in [0.29, 0.717) is 18.0 Å². The first-order valence-electron chi connectivity index (χ1n) is 8.67. The Morgan fingerprint density at radius 2 is 1.92 bits per heavy atom. The van der Waals surface area contributed by atoms with E-state index in [1.807, 2.05) is 26.0 Å². The van der Waals surface area contributed by atoms with Crippen LogP contribution in [0.2, 0.25) is 0 Å². The quantitative estimate of drug-likeness (QED) is 0.589. The average Bonchev–Trinajstić information content (AvgIpc) is 2.54. The minimum atomic E-state index is -0.203. The zero-order valence-electron chi connectivity index (χ0n) is 15.1. The van der Waals surface area contributed by atoms with E-state index >= 15 is 0 Å². The molecule has 5 nitrogen and oxygen atoms in total. The van der Waals surface area contributed by atoms with E-state index in [9.17, 15) is 4.79 Å². The van der Waals surface area contributed by atoms with Gasteiger partial charge in [0.25, 0.3) is 5.56 Å². The van der Waals surface area contributed by atoms with E-state index in [1.165, 1.54) is 12.8 Å². The number of aryl methyl sites for hydroxylation is 1. The fourth-order valence-corrected chi connectivity index (χ4v) is 2.69. The highest BCUT2D eigenvalue weighted by Crippen LogP contribution is 2.34. The molecule has 0 saturated carbocycles. The van der Waals surface area contributed by atoms with Gasteiger partial charge in [-0.1, -0.05) is 26.2 Å². The molecule has 2 N–H and O–H groups in total. The number of unbranched alkanes of at least 4 members (excludes halogenated alkanes) is 3. The number of fused-ring (bicyclic) bond motifs is 1. The third-order valence-corrected chi connectivity index (χ3v) is 3.93. The van der Waals surface area contributed by atoms with Crippen molar-refractivity contribution in [1.29, 1.82) is 0 Å². The number of nitrogens with two attached hydrogens (primary N) is 1. The van der Waals surface area contributed by atoms with Gasteiger partial charge >= 0.3 is 0 Å². The summed E-state index contributed by atoms with van der Waals surface area (Å²) >= 11 is 0. The topological polar surface area (TPSA) is 66.5 Å². The summed E-state index contributed by atoms with van der Waals surface area (Å²) in [6.45, 7) is 6.55. The third kappa shape index (κ3) is 4.02. The summed E-state index contributed by atoms with van der Waals surface area (Å²) in [7, 11) is 1.72. The Labute approximate surface area is 143 Å². The highest BCUT2D eigenvalue weighted by molar-refractivity contribution is 5.90.